The van der Waals surface area contributed by atoms with Crippen LogP contribution in [0, 0.1) is 5.92 Å². The van der Waals surface area contributed by atoms with Gasteiger partial charge in [-0.3, -0.25) is 0 Å². The Morgan fingerprint density at radius 1 is 1.03 bits per heavy atom. The Morgan fingerprint density at radius 3 is 2.57 bits per heavy atom. The number of thioether (sulfide) groups is 1. The highest BCUT2D eigenvalue weighted by Gasteiger charge is 2.63. The van der Waals surface area contributed by atoms with Gasteiger partial charge in [0, 0.05) is 39.5 Å². The van der Waals surface area contributed by atoms with Crippen LogP contribution in [0.4, 0.5) is 0 Å². The Balaban J connectivity index is 1.18. The van der Waals surface area contributed by atoms with E-state index in [9.17, 15) is 15.3 Å². The monoisotopic (exact) mass is 538 g/mol. The molecule has 3 N–H and O–H groups in total. The van der Waals surface area contributed by atoms with E-state index >= 15 is 0 Å². The fourth-order valence-electron chi connectivity index (χ4n) is 6.18. The molecule has 4 fully saturated rings. The maximum Gasteiger partial charge on any atom is 0.168 e. The summed E-state index contributed by atoms with van der Waals surface area (Å²) in [7, 11) is 0. The van der Waals surface area contributed by atoms with Gasteiger partial charge in [0.1, 0.15) is 29.9 Å². The van der Waals surface area contributed by atoms with Gasteiger partial charge in [0.05, 0.1) is 13.2 Å². The molecule has 1 aromatic heterocycles. The van der Waals surface area contributed by atoms with Crippen LogP contribution in [-0.2, 0) is 26.0 Å². The molecule has 0 amide bonds. The lowest BCUT2D eigenvalue weighted by atomic mass is 9.83. The van der Waals surface area contributed by atoms with Gasteiger partial charge in [-0.2, -0.15) is 0 Å². The molecule has 190 valence electrons. The highest BCUT2D eigenvalue weighted by molar-refractivity contribution is 7.99. The van der Waals surface area contributed by atoms with Gasteiger partial charge in [0.2, 0.25) is 0 Å². The van der Waals surface area contributed by atoms with Gasteiger partial charge < -0.3 is 29.5 Å². The maximum atomic E-state index is 10.6. The SMILES string of the molecule is CS[C@H]1O[C@@H](c2ccc(Cl)c(Cc3ccc([C@]45CCC6(C[C@H]4C5)OCCO6)s3)c2)[C@H](O)[C@@H](O)[C@@H]1O. The molecule has 2 saturated carbocycles. The van der Waals surface area contributed by atoms with Crippen molar-refractivity contribution >= 4 is 34.7 Å². The second-order valence-corrected chi connectivity index (χ2v) is 12.8. The van der Waals surface area contributed by atoms with E-state index in [1.807, 2.05) is 29.5 Å². The third kappa shape index (κ3) is 4.29. The summed E-state index contributed by atoms with van der Waals surface area (Å²) in [6.45, 7) is 1.42. The number of ether oxygens (including phenoxy) is 3. The number of thiophene rings is 1. The Morgan fingerprint density at radius 2 is 1.83 bits per heavy atom. The smallest absolute Gasteiger partial charge is 0.168 e. The highest BCUT2D eigenvalue weighted by Crippen LogP contribution is 2.66. The highest BCUT2D eigenvalue weighted by atomic mass is 35.5. The minimum absolute atomic E-state index is 0.277. The molecule has 1 spiro atoms. The van der Waals surface area contributed by atoms with E-state index in [0.717, 1.165) is 30.4 Å². The van der Waals surface area contributed by atoms with Crippen molar-refractivity contribution < 1.29 is 29.5 Å². The lowest BCUT2D eigenvalue weighted by molar-refractivity contribution is -0.200. The third-order valence-electron chi connectivity index (χ3n) is 8.27. The van der Waals surface area contributed by atoms with Crippen LogP contribution in [0.1, 0.15) is 52.7 Å². The van der Waals surface area contributed by atoms with Crippen molar-refractivity contribution in [1.82, 2.24) is 0 Å². The zero-order valence-electron chi connectivity index (χ0n) is 19.6. The van der Waals surface area contributed by atoms with Crippen molar-refractivity contribution in [2.45, 2.75) is 73.2 Å². The Labute approximate surface area is 218 Å². The summed E-state index contributed by atoms with van der Waals surface area (Å²) in [6, 6.07) is 10.1. The normalized spacial score (nSPS) is 38.0. The average Bonchev–Trinajstić information content (AvgIpc) is 3.15. The molecule has 2 aliphatic carbocycles. The Bertz CT molecular complexity index is 1090. The molecule has 4 aliphatic rings. The fourth-order valence-corrected chi connectivity index (χ4v) is 8.38. The predicted octanol–water partition coefficient (Wildman–Crippen LogP) is 4.02. The minimum Gasteiger partial charge on any atom is -0.387 e. The lowest BCUT2D eigenvalue weighted by Gasteiger charge is -2.40. The molecule has 0 radical (unpaired) electrons. The summed E-state index contributed by atoms with van der Waals surface area (Å²) < 4.78 is 17.9. The van der Waals surface area contributed by atoms with Gasteiger partial charge in [-0.1, -0.05) is 23.7 Å². The number of aliphatic hydroxyl groups is 3. The lowest BCUT2D eigenvalue weighted by Crippen LogP contribution is -2.52. The number of aliphatic hydroxyl groups excluding tert-OH is 3. The molecule has 6 nitrogen and oxygen atoms in total. The standard InChI is InChI=1S/C26H31ClO6S2/c1-34-24-22(30)20(28)21(29)23(33-24)14-2-4-18(27)15(10-14)11-17-3-5-19(35-17)25-6-7-26(13-16(25)12-25)31-8-9-32-26/h2-5,10,16,20-24,28-30H,6-9,11-13H2,1H3/t16-,20-,21-,22+,23+,24-,25+/m1/s1. The molecule has 6 rings (SSSR count). The number of hydrogen-bond acceptors (Lipinski definition) is 8. The van der Waals surface area contributed by atoms with Crippen LogP contribution < -0.4 is 0 Å². The zero-order chi connectivity index (χ0) is 24.4. The van der Waals surface area contributed by atoms with Crippen LogP contribution in [0.3, 0.4) is 0 Å². The number of fused-ring (bicyclic) bond motifs is 1. The van der Waals surface area contributed by atoms with E-state index in [-0.39, 0.29) is 11.2 Å². The number of rotatable bonds is 5. The molecule has 2 aliphatic heterocycles. The van der Waals surface area contributed by atoms with Gasteiger partial charge in [-0.25, -0.2) is 0 Å². The third-order valence-corrected chi connectivity index (χ3v) is 10.8. The van der Waals surface area contributed by atoms with Gasteiger partial charge >= 0.3 is 0 Å². The molecule has 7 atom stereocenters. The van der Waals surface area contributed by atoms with Crippen LogP contribution in [0.5, 0.6) is 0 Å². The number of benzene rings is 1. The van der Waals surface area contributed by atoms with Crippen LogP contribution in [0.25, 0.3) is 0 Å². The van der Waals surface area contributed by atoms with Gasteiger partial charge in [0.15, 0.2) is 5.79 Å². The quantitative estimate of drug-likeness (QED) is 0.530. The van der Waals surface area contributed by atoms with Gasteiger partial charge in [-0.05, 0) is 54.3 Å². The van der Waals surface area contributed by atoms with E-state index in [0.29, 0.717) is 30.6 Å². The molecule has 3 heterocycles. The van der Waals surface area contributed by atoms with Crippen LogP contribution in [-0.4, -0.2) is 64.3 Å². The summed E-state index contributed by atoms with van der Waals surface area (Å²) in [5, 5.41) is 31.7. The maximum absolute atomic E-state index is 10.6. The summed E-state index contributed by atoms with van der Waals surface area (Å²) in [4.78, 5) is 2.69. The molecule has 0 bridgehead atoms. The van der Waals surface area contributed by atoms with Crippen LogP contribution in [0.15, 0.2) is 30.3 Å². The first-order chi connectivity index (χ1) is 16.8. The van der Waals surface area contributed by atoms with Crippen molar-refractivity contribution in [1.29, 1.82) is 0 Å². The first-order valence-corrected chi connectivity index (χ1v) is 14.7. The summed E-state index contributed by atoms with van der Waals surface area (Å²) >= 11 is 9.74. The molecule has 2 saturated heterocycles. The van der Waals surface area contributed by atoms with E-state index in [1.54, 1.807) is 6.26 Å². The molecule has 0 unspecified atom stereocenters. The second kappa shape index (κ2) is 9.26. The topological polar surface area (TPSA) is 88.4 Å². The first-order valence-electron chi connectivity index (χ1n) is 12.2. The zero-order valence-corrected chi connectivity index (χ0v) is 22.0. The van der Waals surface area contributed by atoms with E-state index in [1.165, 1.54) is 27.9 Å². The largest absolute Gasteiger partial charge is 0.387 e. The van der Waals surface area contributed by atoms with Gasteiger partial charge in [-0.15, -0.1) is 23.1 Å². The van der Waals surface area contributed by atoms with Crippen molar-refractivity contribution in [2.75, 3.05) is 19.5 Å². The van der Waals surface area contributed by atoms with Crippen molar-refractivity contribution in [3.63, 3.8) is 0 Å². The number of halogens is 1. The average molecular weight is 539 g/mol. The summed E-state index contributed by atoms with van der Waals surface area (Å²) in [6.07, 6.45) is 2.40. The van der Waals surface area contributed by atoms with Crippen LogP contribution in [0.2, 0.25) is 5.02 Å². The molecule has 35 heavy (non-hydrogen) atoms. The summed E-state index contributed by atoms with van der Waals surface area (Å²) in [5.74, 6) is 0.299. The second-order valence-electron chi connectivity index (χ2n) is 10.3. The number of hydrogen-bond donors (Lipinski definition) is 3. The Kier molecular flexibility index (Phi) is 6.52. The summed E-state index contributed by atoms with van der Waals surface area (Å²) in [5.41, 5.74) is 1.36. The fraction of sp³-hybridized carbons (Fsp3) is 0.615. The Hall–Kier alpha value is -0.680. The van der Waals surface area contributed by atoms with Crippen molar-refractivity contribution in [2.24, 2.45) is 5.92 Å². The molecule has 9 heteroatoms. The van der Waals surface area contributed by atoms with Crippen molar-refractivity contribution in [3.8, 4) is 0 Å². The minimum atomic E-state index is -1.27. The molecular weight excluding hydrogens is 508 g/mol. The van der Waals surface area contributed by atoms with Crippen molar-refractivity contribution in [3.05, 3.63) is 56.2 Å². The molecule has 1 aromatic carbocycles. The van der Waals surface area contributed by atoms with Crippen LogP contribution >= 0.6 is 34.7 Å². The van der Waals surface area contributed by atoms with Gasteiger partial charge in [0.25, 0.3) is 0 Å². The first kappa shape index (κ1) is 24.6. The molecule has 2 aromatic rings. The predicted molar refractivity (Wildman–Crippen MR) is 136 cm³/mol. The molecular formula is C26H31ClO6S2. The van der Waals surface area contributed by atoms with E-state index < -0.39 is 29.9 Å². The van der Waals surface area contributed by atoms with E-state index in [4.69, 9.17) is 25.8 Å². The van der Waals surface area contributed by atoms with E-state index in [2.05, 4.69) is 12.1 Å².